The Morgan fingerprint density at radius 2 is 1.09 bits per heavy atom. The Bertz CT molecular complexity index is 666. The molecule has 0 unspecified atom stereocenters. The average molecular weight is 371 g/mol. The zero-order valence-corrected chi connectivity index (χ0v) is 15.9. The van der Waals surface area contributed by atoms with Crippen LogP contribution < -0.4 is 0 Å². The molecular weight excluding hydrogens is 351 g/mol. The zero-order valence-electron chi connectivity index (χ0n) is 13.5. The second kappa shape index (κ2) is 7.25. The molecule has 2 aromatic rings. The van der Waals surface area contributed by atoms with E-state index in [0.717, 1.165) is 11.1 Å². The molecule has 0 atom stereocenters. The Labute approximate surface area is 151 Å². The fourth-order valence-corrected chi connectivity index (χ4v) is 3.96. The molecule has 2 nitrogen and oxygen atoms in total. The van der Waals surface area contributed by atoms with Crippen molar-refractivity contribution >= 4 is 35.0 Å². The summed E-state index contributed by atoms with van der Waals surface area (Å²) in [5, 5.41) is 22.1. The lowest BCUT2D eigenvalue weighted by molar-refractivity contribution is 0.449. The summed E-state index contributed by atoms with van der Waals surface area (Å²) in [6, 6.07) is 6.93. The van der Waals surface area contributed by atoms with Gasteiger partial charge < -0.3 is 10.2 Å². The minimum atomic E-state index is 0.146. The van der Waals surface area contributed by atoms with E-state index >= 15 is 0 Å². The van der Waals surface area contributed by atoms with Crippen LogP contribution in [0, 0.1) is 0 Å². The number of aromatic hydroxyl groups is 2. The van der Waals surface area contributed by atoms with Gasteiger partial charge in [-0.3, -0.25) is 0 Å². The normalized spacial score (nSPS) is 11.5. The molecule has 0 aliphatic rings. The third kappa shape index (κ3) is 4.09. The van der Waals surface area contributed by atoms with Crippen LogP contribution in [-0.2, 0) is 0 Å². The molecule has 124 valence electrons. The van der Waals surface area contributed by atoms with Crippen LogP contribution in [0.1, 0.15) is 50.7 Å². The number of hydrogen-bond donors (Lipinski definition) is 2. The number of halogens is 2. The van der Waals surface area contributed by atoms with Gasteiger partial charge in [0.15, 0.2) is 0 Å². The smallest absolute Gasteiger partial charge is 0.133 e. The lowest BCUT2D eigenvalue weighted by Gasteiger charge is -2.16. The Morgan fingerprint density at radius 1 is 0.739 bits per heavy atom. The van der Waals surface area contributed by atoms with Crippen LogP contribution >= 0.6 is 35.0 Å². The molecule has 0 heterocycles. The average Bonchev–Trinajstić information content (AvgIpc) is 2.45. The summed E-state index contributed by atoms with van der Waals surface area (Å²) in [4.78, 5) is 1.21. The first-order valence-corrected chi connectivity index (χ1v) is 9.00. The van der Waals surface area contributed by atoms with Gasteiger partial charge in [-0.15, -0.1) is 0 Å². The van der Waals surface area contributed by atoms with Crippen LogP contribution in [0.5, 0.6) is 11.5 Å². The van der Waals surface area contributed by atoms with Gasteiger partial charge in [0, 0.05) is 10.0 Å². The molecule has 0 bridgehead atoms. The van der Waals surface area contributed by atoms with Crippen molar-refractivity contribution in [1.29, 1.82) is 0 Å². The molecule has 2 aromatic carbocycles. The van der Waals surface area contributed by atoms with Crippen LogP contribution in [0.3, 0.4) is 0 Å². The molecule has 0 saturated heterocycles. The summed E-state index contributed by atoms with van der Waals surface area (Å²) in [5.74, 6) is 0.680. The number of phenolic OH excluding ortho intramolecular Hbond substituents is 2. The van der Waals surface area contributed by atoms with Crippen LogP contribution in [0.2, 0.25) is 10.0 Å². The van der Waals surface area contributed by atoms with Gasteiger partial charge in [0.1, 0.15) is 11.5 Å². The highest BCUT2D eigenvalue weighted by molar-refractivity contribution is 7.99. The van der Waals surface area contributed by atoms with Crippen molar-refractivity contribution < 1.29 is 10.2 Å². The summed E-state index contributed by atoms with van der Waals surface area (Å²) in [7, 11) is 0. The van der Waals surface area contributed by atoms with E-state index in [1.165, 1.54) is 11.8 Å². The van der Waals surface area contributed by atoms with E-state index in [-0.39, 0.29) is 23.3 Å². The first kappa shape index (κ1) is 18.3. The lowest BCUT2D eigenvalue weighted by Crippen LogP contribution is -1.92. The van der Waals surface area contributed by atoms with E-state index in [1.54, 1.807) is 24.3 Å². The van der Waals surface area contributed by atoms with Crippen LogP contribution in [-0.4, -0.2) is 10.2 Å². The molecular formula is C18H20Cl2O2S. The molecule has 5 heteroatoms. The molecule has 23 heavy (non-hydrogen) atoms. The third-order valence-corrected chi connectivity index (χ3v) is 5.10. The van der Waals surface area contributed by atoms with E-state index < -0.39 is 0 Å². The second-order valence-corrected chi connectivity index (χ2v) is 8.05. The van der Waals surface area contributed by atoms with Gasteiger partial charge in [-0.2, -0.15) is 0 Å². The molecule has 0 spiro atoms. The number of rotatable bonds is 4. The van der Waals surface area contributed by atoms with Gasteiger partial charge >= 0.3 is 0 Å². The Morgan fingerprint density at radius 3 is 1.39 bits per heavy atom. The van der Waals surface area contributed by atoms with Crippen molar-refractivity contribution in [2.45, 2.75) is 49.3 Å². The van der Waals surface area contributed by atoms with Crippen molar-refractivity contribution in [1.82, 2.24) is 0 Å². The second-order valence-electron chi connectivity index (χ2n) is 6.09. The first-order chi connectivity index (χ1) is 10.7. The fourth-order valence-electron chi connectivity index (χ4n) is 2.34. The molecule has 0 fully saturated rings. The number of benzene rings is 2. The predicted molar refractivity (Wildman–Crippen MR) is 98.5 cm³/mol. The standard InChI is InChI=1S/C18H20Cl2O2S/c1-9(2)13-5-11(19)7-15(17(13)21)23-16-8-12(20)6-14(10(3)4)18(16)22/h5-10,21-22H,1-4H3. The van der Waals surface area contributed by atoms with Gasteiger partial charge in [-0.05, 0) is 47.2 Å². The lowest BCUT2D eigenvalue weighted by atomic mass is 10.0. The zero-order chi connectivity index (χ0) is 17.3. The van der Waals surface area contributed by atoms with Gasteiger partial charge in [-0.25, -0.2) is 0 Å². The number of hydrogen-bond acceptors (Lipinski definition) is 3. The van der Waals surface area contributed by atoms with Gasteiger partial charge in [-0.1, -0.05) is 62.7 Å². The minimum absolute atomic E-state index is 0.146. The Kier molecular flexibility index (Phi) is 5.77. The molecule has 0 amide bonds. The summed E-state index contributed by atoms with van der Waals surface area (Å²) in [5.41, 5.74) is 1.57. The van der Waals surface area contributed by atoms with E-state index in [2.05, 4.69) is 0 Å². The molecule has 0 saturated carbocycles. The topological polar surface area (TPSA) is 40.5 Å². The molecule has 2 N–H and O–H groups in total. The van der Waals surface area contributed by atoms with Crippen molar-refractivity contribution in [3.05, 3.63) is 45.4 Å². The summed E-state index contributed by atoms with van der Waals surface area (Å²) >= 11 is 13.6. The van der Waals surface area contributed by atoms with Crippen molar-refractivity contribution in [3.63, 3.8) is 0 Å². The van der Waals surface area contributed by atoms with Crippen molar-refractivity contribution in [3.8, 4) is 11.5 Å². The summed E-state index contributed by atoms with van der Waals surface area (Å²) in [6.45, 7) is 7.97. The molecule has 0 aromatic heterocycles. The quantitative estimate of drug-likeness (QED) is 0.621. The molecule has 0 radical (unpaired) electrons. The molecule has 0 aliphatic carbocycles. The highest BCUT2D eigenvalue weighted by atomic mass is 35.5. The SMILES string of the molecule is CC(C)c1cc(Cl)cc(Sc2cc(Cl)cc(C(C)C)c2O)c1O. The van der Waals surface area contributed by atoms with Crippen LogP contribution in [0.4, 0.5) is 0 Å². The van der Waals surface area contributed by atoms with E-state index in [0.29, 0.717) is 19.8 Å². The Balaban J connectivity index is 2.52. The molecule has 0 aliphatic heterocycles. The maximum atomic E-state index is 10.5. The van der Waals surface area contributed by atoms with Crippen molar-refractivity contribution in [2.75, 3.05) is 0 Å². The molecule has 2 rings (SSSR count). The summed E-state index contributed by atoms with van der Waals surface area (Å²) in [6.07, 6.45) is 0. The van der Waals surface area contributed by atoms with Crippen LogP contribution in [0.15, 0.2) is 34.1 Å². The highest BCUT2D eigenvalue weighted by Gasteiger charge is 2.17. The van der Waals surface area contributed by atoms with Gasteiger partial charge in [0.05, 0.1) is 9.79 Å². The summed E-state index contributed by atoms with van der Waals surface area (Å²) < 4.78 is 0. The number of phenols is 2. The van der Waals surface area contributed by atoms with E-state index in [9.17, 15) is 10.2 Å². The minimum Gasteiger partial charge on any atom is -0.506 e. The maximum absolute atomic E-state index is 10.5. The first-order valence-electron chi connectivity index (χ1n) is 7.43. The largest absolute Gasteiger partial charge is 0.506 e. The van der Waals surface area contributed by atoms with Crippen molar-refractivity contribution in [2.24, 2.45) is 0 Å². The maximum Gasteiger partial charge on any atom is 0.133 e. The Hall–Kier alpha value is -1.03. The monoisotopic (exact) mass is 370 g/mol. The van der Waals surface area contributed by atoms with Gasteiger partial charge in [0.2, 0.25) is 0 Å². The fraction of sp³-hybridized carbons (Fsp3) is 0.333. The predicted octanol–water partition coefficient (Wildman–Crippen LogP) is 6.80. The van der Waals surface area contributed by atoms with E-state index in [4.69, 9.17) is 23.2 Å². The van der Waals surface area contributed by atoms with Crippen LogP contribution in [0.25, 0.3) is 0 Å². The third-order valence-electron chi connectivity index (χ3n) is 3.60. The van der Waals surface area contributed by atoms with Gasteiger partial charge in [0.25, 0.3) is 0 Å². The van der Waals surface area contributed by atoms with E-state index in [1.807, 2.05) is 27.7 Å². The highest BCUT2D eigenvalue weighted by Crippen LogP contribution is 2.46.